The first kappa shape index (κ1) is 14.7. The van der Waals surface area contributed by atoms with Crippen LogP contribution in [0.5, 0.6) is 0 Å². The maximum atomic E-state index is 9.91. The largest absolute Gasteiger partial charge is 0.389 e. The Bertz CT molecular complexity index is 418. The van der Waals surface area contributed by atoms with E-state index in [9.17, 15) is 5.11 Å². The van der Waals surface area contributed by atoms with Crippen molar-refractivity contribution in [3.63, 3.8) is 0 Å². The lowest BCUT2D eigenvalue weighted by atomic mass is 10.1. The Morgan fingerprint density at radius 3 is 2.72 bits per heavy atom. The molecule has 0 aliphatic heterocycles. The van der Waals surface area contributed by atoms with Crippen molar-refractivity contribution in [1.29, 1.82) is 0 Å². The van der Waals surface area contributed by atoms with Crippen LogP contribution in [0.1, 0.15) is 32.3 Å². The summed E-state index contributed by atoms with van der Waals surface area (Å²) in [5.74, 6) is 1.20. The summed E-state index contributed by atoms with van der Waals surface area (Å²) in [7, 11) is 1.66. The van der Waals surface area contributed by atoms with E-state index < -0.39 is 5.60 Å². The first-order chi connectivity index (χ1) is 8.39. The van der Waals surface area contributed by atoms with Crippen LogP contribution in [0.25, 0.3) is 0 Å². The van der Waals surface area contributed by atoms with Crippen molar-refractivity contribution >= 4 is 12.0 Å². The lowest BCUT2D eigenvalue weighted by Gasteiger charge is -2.20. The molecule has 0 aromatic carbocycles. The van der Waals surface area contributed by atoms with E-state index in [-0.39, 0.29) is 0 Å². The molecule has 0 aliphatic carbocycles. The summed E-state index contributed by atoms with van der Waals surface area (Å²) in [5, 5.41) is 9.91. The lowest BCUT2D eigenvalue weighted by Crippen LogP contribution is -2.28. The van der Waals surface area contributed by atoms with Crippen LogP contribution in [0.4, 0.5) is 5.82 Å². The number of aliphatic hydroxyl groups is 1. The molecule has 0 saturated carbocycles. The fourth-order valence-corrected chi connectivity index (χ4v) is 1.62. The standard InChI is InChI=1S/C12H22N4O2/c1-5-18-7-10-15-9(6-14-4)11(13)16(10)8-12(2,3)17/h6,17H,5,7-8,13H2,1-4H3/b14-6+. The van der Waals surface area contributed by atoms with E-state index in [4.69, 9.17) is 10.5 Å². The molecule has 18 heavy (non-hydrogen) atoms. The van der Waals surface area contributed by atoms with Gasteiger partial charge in [-0.2, -0.15) is 0 Å². The average molecular weight is 254 g/mol. The molecule has 1 heterocycles. The lowest BCUT2D eigenvalue weighted by molar-refractivity contribution is 0.0575. The highest BCUT2D eigenvalue weighted by atomic mass is 16.5. The maximum absolute atomic E-state index is 9.91. The Morgan fingerprint density at radius 1 is 1.56 bits per heavy atom. The van der Waals surface area contributed by atoms with Gasteiger partial charge in [0.25, 0.3) is 0 Å². The Labute approximate surface area is 107 Å². The number of ether oxygens (including phenoxy) is 1. The number of nitrogens with zero attached hydrogens (tertiary/aromatic N) is 3. The highest BCUT2D eigenvalue weighted by Gasteiger charge is 2.20. The highest BCUT2D eigenvalue weighted by molar-refractivity contribution is 5.83. The van der Waals surface area contributed by atoms with Gasteiger partial charge in [-0.3, -0.25) is 4.99 Å². The van der Waals surface area contributed by atoms with Crippen molar-refractivity contribution in [2.45, 2.75) is 39.5 Å². The van der Waals surface area contributed by atoms with Gasteiger partial charge in [-0.15, -0.1) is 0 Å². The van der Waals surface area contributed by atoms with Gasteiger partial charge in [-0.1, -0.05) is 0 Å². The second-order valence-corrected chi connectivity index (χ2v) is 4.72. The van der Waals surface area contributed by atoms with Crippen LogP contribution in [0.15, 0.2) is 4.99 Å². The third kappa shape index (κ3) is 3.82. The quantitative estimate of drug-likeness (QED) is 0.736. The normalized spacial score (nSPS) is 12.5. The molecule has 6 nitrogen and oxygen atoms in total. The predicted octanol–water partition coefficient (Wildman–Crippen LogP) is 0.821. The number of anilines is 1. The van der Waals surface area contributed by atoms with Gasteiger partial charge >= 0.3 is 0 Å². The van der Waals surface area contributed by atoms with Crippen LogP contribution < -0.4 is 5.73 Å². The van der Waals surface area contributed by atoms with Gasteiger partial charge in [0.2, 0.25) is 0 Å². The minimum Gasteiger partial charge on any atom is -0.389 e. The summed E-state index contributed by atoms with van der Waals surface area (Å²) in [6, 6.07) is 0. The summed E-state index contributed by atoms with van der Waals surface area (Å²) >= 11 is 0. The van der Waals surface area contributed by atoms with Gasteiger partial charge in [0, 0.05) is 13.7 Å². The molecule has 0 unspecified atom stereocenters. The van der Waals surface area contributed by atoms with E-state index in [1.54, 1.807) is 31.7 Å². The van der Waals surface area contributed by atoms with E-state index in [1.165, 1.54) is 0 Å². The molecular weight excluding hydrogens is 232 g/mol. The number of aliphatic imine (C=N–C) groups is 1. The molecular formula is C12H22N4O2. The second-order valence-electron chi connectivity index (χ2n) is 4.72. The SMILES string of the molecule is CCOCc1nc(/C=N/C)c(N)n1CC(C)(C)O. The van der Waals surface area contributed by atoms with Crippen molar-refractivity contribution in [2.24, 2.45) is 4.99 Å². The maximum Gasteiger partial charge on any atom is 0.137 e. The number of imidazole rings is 1. The van der Waals surface area contributed by atoms with Crippen LogP contribution in [0, 0.1) is 0 Å². The third-order valence-corrected chi connectivity index (χ3v) is 2.35. The smallest absolute Gasteiger partial charge is 0.137 e. The van der Waals surface area contributed by atoms with Crippen molar-refractivity contribution in [1.82, 2.24) is 9.55 Å². The van der Waals surface area contributed by atoms with E-state index in [0.717, 1.165) is 0 Å². The van der Waals surface area contributed by atoms with Gasteiger partial charge in [-0.25, -0.2) is 4.98 Å². The van der Waals surface area contributed by atoms with Crippen LogP contribution in [0.2, 0.25) is 0 Å². The van der Waals surface area contributed by atoms with Crippen molar-refractivity contribution < 1.29 is 9.84 Å². The van der Waals surface area contributed by atoms with Crippen LogP contribution in [0.3, 0.4) is 0 Å². The van der Waals surface area contributed by atoms with E-state index in [0.29, 0.717) is 37.1 Å². The summed E-state index contributed by atoms with van der Waals surface area (Å²) in [5.41, 5.74) is 5.75. The van der Waals surface area contributed by atoms with Crippen molar-refractivity contribution in [3.8, 4) is 0 Å². The number of hydrogen-bond donors (Lipinski definition) is 2. The molecule has 102 valence electrons. The fraction of sp³-hybridized carbons (Fsp3) is 0.667. The van der Waals surface area contributed by atoms with Crippen molar-refractivity contribution in [3.05, 3.63) is 11.5 Å². The molecule has 0 saturated heterocycles. The first-order valence-electron chi connectivity index (χ1n) is 5.96. The molecule has 1 aromatic rings. The molecule has 1 rings (SSSR count). The van der Waals surface area contributed by atoms with E-state index in [2.05, 4.69) is 9.98 Å². The molecule has 0 aliphatic rings. The molecule has 0 atom stereocenters. The summed E-state index contributed by atoms with van der Waals surface area (Å²) in [4.78, 5) is 8.29. The molecule has 0 bridgehead atoms. The van der Waals surface area contributed by atoms with Gasteiger partial charge in [-0.05, 0) is 20.8 Å². The molecule has 6 heteroatoms. The Kier molecular flexibility index (Phi) is 4.86. The molecule has 0 radical (unpaired) electrons. The predicted molar refractivity (Wildman–Crippen MR) is 71.8 cm³/mol. The van der Waals surface area contributed by atoms with E-state index in [1.807, 2.05) is 6.92 Å². The molecule has 3 N–H and O–H groups in total. The molecule has 1 aromatic heterocycles. The van der Waals surface area contributed by atoms with Crippen LogP contribution >= 0.6 is 0 Å². The summed E-state index contributed by atoms with van der Waals surface area (Å²) < 4.78 is 7.13. The zero-order valence-electron chi connectivity index (χ0n) is 11.5. The number of rotatable bonds is 6. The Morgan fingerprint density at radius 2 is 2.22 bits per heavy atom. The average Bonchev–Trinajstić information content (AvgIpc) is 2.54. The van der Waals surface area contributed by atoms with Gasteiger partial charge in [0.15, 0.2) is 0 Å². The van der Waals surface area contributed by atoms with Crippen LogP contribution in [-0.2, 0) is 17.9 Å². The zero-order chi connectivity index (χ0) is 13.8. The second kappa shape index (κ2) is 5.97. The topological polar surface area (TPSA) is 85.7 Å². The van der Waals surface area contributed by atoms with Crippen LogP contribution in [-0.4, -0.2) is 40.1 Å². The summed E-state index contributed by atoms with van der Waals surface area (Å²) in [6.45, 7) is 6.71. The number of hydrogen-bond acceptors (Lipinski definition) is 5. The first-order valence-corrected chi connectivity index (χ1v) is 5.96. The Balaban J connectivity index is 3.09. The molecule has 0 amide bonds. The molecule has 0 fully saturated rings. The van der Waals surface area contributed by atoms with Gasteiger partial charge in [0.05, 0.1) is 18.4 Å². The summed E-state index contributed by atoms with van der Waals surface area (Å²) in [6.07, 6.45) is 1.60. The highest BCUT2D eigenvalue weighted by Crippen LogP contribution is 2.18. The zero-order valence-corrected chi connectivity index (χ0v) is 11.5. The fourth-order valence-electron chi connectivity index (χ4n) is 1.62. The minimum absolute atomic E-state index is 0.367. The third-order valence-electron chi connectivity index (χ3n) is 2.35. The molecule has 0 spiro atoms. The number of aromatic nitrogens is 2. The van der Waals surface area contributed by atoms with Crippen molar-refractivity contribution in [2.75, 3.05) is 19.4 Å². The monoisotopic (exact) mass is 254 g/mol. The Hall–Kier alpha value is -1.40. The van der Waals surface area contributed by atoms with Gasteiger partial charge < -0.3 is 20.1 Å². The number of nitrogens with two attached hydrogens (primary N) is 1. The van der Waals surface area contributed by atoms with Gasteiger partial charge in [0.1, 0.15) is 23.9 Å². The number of nitrogen functional groups attached to an aromatic ring is 1. The van der Waals surface area contributed by atoms with E-state index >= 15 is 0 Å². The minimum atomic E-state index is -0.865.